The van der Waals surface area contributed by atoms with E-state index in [-0.39, 0.29) is 0 Å². The molecule has 0 saturated heterocycles. The number of hydrogen-bond donors (Lipinski definition) is 1. The number of carbonyl (C=O) groups is 2. The van der Waals surface area contributed by atoms with Crippen molar-refractivity contribution in [3.8, 4) is 0 Å². The van der Waals surface area contributed by atoms with E-state index in [0.717, 1.165) is 37.0 Å². The minimum absolute atomic E-state index is 0.307. The van der Waals surface area contributed by atoms with Crippen LogP contribution in [-0.2, 0) is 16.0 Å². The second kappa shape index (κ2) is 9.08. The molecule has 138 valence electrons. The molecule has 0 aliphatic carbocycles. The van der Waals surface area contributed by atoms with Crippen molar-refractivity contribution >= 4 is 17.6 Å². The highest BCUT2D eigenvalue weighted by Gasteiger charge is 2.21. The van der Waals surface area contributed by atoms with Gasteiger partial charge in [-0.05, 0) is 49.6 Å². The first kappa shape index (κ1) is 19.6. The topological polar surface area (TPSA) is 55.4 Å². The number of nitrogens with one attached hydrogen (secondary N) is 1. The fourth-order valence-corrected chi connectivity index (χ4v) is 2.31. The lowest BCUT2D eigenvalue weighted by atomic mass is 10.1. The highest BCUT2D eigenvalue weighted by molar-refractivity contribution is 5.97. The van der Waals surface area contributed by atoms with E-state index in [1.807, 2.05) is 12.1 Å². The van der Waals surface area contributed by atoms with Gasteiger partial charge in [0.15, 0.2) is 6.10 Å². The predicted molar refractivity (Wildman–Crippen MR) is 94.9 cm³/mol. The third-order valence-electron chi connectivity index (χ3n) is 3.87. The van der Waals surface area contributed by atoms with E-state index in [1.54, 1.807) is 12.1 Å². The van der Waals surface area contributed by atoms with Gasteiger partial charge in [0.25, 0.3) is 5.91 Å². The van der Waals surface area contributed by atoms with Gasteiger partial charge in [-0.2, -0.15) is 0 Å². The molecule has 0 aliphatic rings. The third kappa shape index (κ3) is 5.12. The van der Waals surface area contributed by atoms with Crippen LogP contribution in [0.1, 0.15) is 42.6 Å². The maximum atomic E-state index is 13.6. The zero-order chi connectivity index (χ0) is 19.1. The molecule has 0 heterocycles. The number of unbranched alkanes of at least 4 members (excludes halogenated alkanes) is 1. The molecule has 0 aromatic heterocycles. The summed E-state index contributed by atoms with van der Waals surface area (Å²) < 4.78 is 32.2. The van der Waals surface area contributed by atoms with Gasteiger partial charge in [0.1, 0.15) is 17.3 Å². The fourth-order valence-electron chi connectivity index (χ4n) is 2.31. The van der Waals surface area contributed by atoms with Crippen molar-refractivity contribution in [1.29, 1.82) is 0 Å². The van der Waals surface area contributed by atoms with Gasteiger partial charge < -0.3 is 10.1 Å². The van der Waals surface area contributed by atoms with Crippen molar-refractivity contribution in [1.82, 2.24) is 0 Å². The van der Waals surface area contributed by atoms with Crippen molar-refractivity contribution in [2.45, 2.75) is 39.2 Å². The Morgan fingerprint density at radius 1 is 1.08 bits per heavy atom. The summed E-state index contributed by atoms with van der Waals surface area (Å²) >= 11 is 0. The summed E-state index contributed by atoms with van der Waals surface area (Å²) in [6.45, 7) is 3.44. The average Bonchev–Trinajstić information content (AvgIpc) is 2.63. The van der Waals surface area contributed by atoms with Gasteiger partial charge in [0.2, 0.25) is 0 Å². The third-order valence-corrected chi connectivity index (χ3v) is 3.87. The number of esters is 1. The highest BCUT2D eigenvalue weighted by Crippen LogP contribution is 2.18. The Balaban J connectivity index is 1.96. The van der Waals surface area contributed by atoms with Crippen molar-refractivity contribution in [2.75, 3.05) is 5.32 Å². The standard InChI is InChI=1S/C20H21F2NO3/c1-3-4-6-14-9-11-15(12-10-14)20(25)26-13(2)19(24)23-18-16(21)7-5-8-17(18)22/h5,7-13H,3-4,6H2,1-2H3,(H,23,24)/t13-/m1/s1. The molecule has 1 amide bonds. The Bertz CT molecular complexity index is 755. The van der Waals surface area contributed by atoms with E-state index >= 15 is 0 Å². The van der Waals surface area contributed by atoms with Crippen molar-refractivity contribution < 1.29 is 23.1 Å². The molecule has 0 aliphatic heterocycles. The molecule has 1 atom stereocenters. The summed E-state index contributed by atoms with van der Waals surface area (Å²) in [4.78, 5) is 24.2. The fraction of sp³-hybridized carbons (Fsp3) is 0.300. The Morgan fingerprint density at radius 2 is 1.69 bits per heavy atom. The van der Waals surface area contributed by atoms with Crippen molar-refractivity contribution in [2.24, 2.45) is 0 Å². The monoisotopic (exact) mass is 361 g/mol. The molecule has 0 unspecified atom stereocenters. The summed E-state index contributed by atoms with van der Waals surface area (Å²) in [7, 11) is 0. The number of aryl methyl sites for hydroxylation is 1. The Morgan fingerprint density at radius 3 is 2.27 bits per heavy atom. The lowest BCUT2D eigenvalue weighted by Crippen LogP contribution is -2.30. The molecule has 0 saturated carbocycles. The quantitative estimate of drug-likeness (QED) is 0.739. The second-order valence-corrected chi connectivity index (χ2v) is 5.93. The molecule has 0 spiro atoms. The lowest BCUT2D eigenvalue weighted by Gasteiger charge is -2.14. The van der Waals surface area contributed by atoms with Crippen LogP contribution in [0.3, 0.4) is 0 Å². The summed E-state index contributed by atoms with van der Waals surface area (Å²) in [5.41, 5.74) is 0.854. The minimum atomic E-state index is -1.21. The van der Waals surface area contributed by atoms with Gasteiger partial charge in [-0.25, -0.2) is 13.6 Å². The first-order chi connectivity index (χ1) is 12.4. The largest absolute Gasteiger partial charge is 0.449 e. The Labute approximate surface area is 151 Å². The number of para-hydroxylation sites is 1. The minimum Gasteiger partial charge on any atom is -0.449 e. The summed E-state index contributed by atoms with van der Waals surface area (Å²) in [5, 5.41) is 2.10. The summed E-state index contributed by atoms with van der Waals surface area (Å²) in [5.74, 6) is -3.30. The maximum absolute atomic E-state index is 13.6. The van der Waals surface area contributed by atoms with Crippen molar-refractivity contribution in [3.05, 3.63) is 65.2 Å². The van der Waals surface area contributed by atoms with Crippen LogP contribution in [0.5, 0.6) is 0 Å². The first-order valence-corrected chi connectivity index (χ1v) is 8.47. The van der Waals surface area contributed by atoms with Crippen LogP contribution in [0.15, 0.2) is 42.5 Å². The molecule has 26 heavy (non-hydrogen) atoms. The number of rotatable bonds is 7. The van der Waals surface area contributed by atoms with Gasteiger partial charge in [0.05, 0.1) is 5.56 Å². The number of halogens is 2. The van der Waals surface area contributed by atoms with Gasteiger partial charge in [-0.1, -0.05) is 31.5 Å². The molecule has 2 aromatic carbocycles. The Hall–Kier alpha value is -2.76. The van der Waals surface area contributed by atoms with E-state index in [2.05, 4.69) is 12.2 Å². The molecule has 2 aromatic rings. The first-order valence-electron chi connectivity index (χ1n) is 8.47. The molecule has 4 nitrogen and oxygen atoms in total. The predicted octanol–water partition coefficient (Wildman–Crippen LogP) is 4.49. The highest BCUT2D eigenvalue weighted by atomic mass is 19.1. The van der Waals surface area contributed by atoms with Gasteiger partial charge in [-0.3, -0.25) is 4.79 Å². The SMILES string of the molecule is CCCCc1ccc(C(=O)O[C@H](C)C(=O)Nc2c(F)cccc2F)cc1. The molecule has 2 rings (SSSR count). The van der Waals surface area contributed by atoms with Crippen LogP contribution >= 0.6 is 0 Å². The molecule has 0 radical (unpaired) electrons. The van der Waals surface area contributed by atoms with E-state index in [1.165, 1.54) is 13.0 Å². The lowest BCUT2D eigenvalue weighted by molar-refractivity contribution is -0.123. The average molecular weight is 361 g/mol. The van der Waals surface area contributed by atoms with Gasteiger partial charge >= 0.3 is 5.97 Å². The molecule has 6 heteroatoms. The van der Waals surface area contributed by atoms with E-state index in [4.69, 9.17) is 4.74 Å². The van der Waals surface area contributed by atoms with E-state index in [0.29, 0.717) is 5.56 Å². The smallest absolute Gasteiger partial charge is 0.338 e. The van der Waals surface area contributed by atoms with Gasteiger partial charge in [0, 0.05) is 0 Å². The number of carbonyl (C=O) groups excluding carboxylic acids is 2. The van der Waals surface area contributed by atoms with Crippen LogP contribution in [0, 0.1) is 11.6 Å². The molecular weight excluding hydrogens is 340 g/mol. The number of amides is 1. The van der Waals surface area contributed by atoms with Gasteiger partial charge in [-0.15, -0.1) is 0 Å². The zero-order valence-corrected chi connectivity index (χ0v) is 14.7. The number of benzene rings is 2. The normalized spacial score (nSPS) is 11.7. The van der Waals surface area contributed by atoms with Crippen LogP contribution in [0.25, 0.3) is 0 Å². The zero-order valence-electron chi connectivity index (χ0n) is 14.7. The maximum Gasteiger partial charge on any atom is 0.338 e. The second-order valence-electron chi connectivity index (χ2n) is 5.93. The summed E-state index contributed by atoms with van der Waals surface area (Å²) in [6, 6.07) is 10.2. The molecule has 1 N–H and O–H groups in total. The molecule has 0 bridgehead atoms. The Kier molecular flexibility index (Phi) is 6.83. The van der Waals surface area contributed by atoms with Crippen LogP contribution in [-0.4, -0.2) is 18.0 Å². The number of ether oxygens (including phenoxy) is 1. The number of anilines is 1. The molecular formula is C20H21F2NO3. The van der Waals surface area contributed by atoms with Crippen LogP contribution in [0.4, 0.5) is 14.5 Å². The molecule has 0 fully saturated rings. The number of hydrogen-bond acceptors (Lipinski definition) is 3. The summed E-state index contributed by atoms with van der Waals surface area (Å²) in [6.07, 6.45) is 1.87. The van der Waals surface area contributed by atoms with Crippen LogP contribution < -0.4 is 5.32 Å². The van der Waals surface area contributed by atoms with Crippen molar-refractivity contribution in [3.63, 3.8) is 0 Å². The van der Waals surface area contributed by atoms with E-state index in [9.17, 15) is 18.4 Å². The van der Waals surface area contributed by atoms with Crippen LogP contribution in [0.2, 0.25) is 0 Å². The van der Waals surface area contributed by atoms with E-state index < -0.39 is 35.3 Å².